The summed E-state index contributed by atoms with van der Waals surface area (Å²) in [7, 11) is 0. The van der Waals surface area contributed by atoms with Crippen LogP contribution in [0.3, 0.4) is 0 Å². The first-order valence-corrected chi connectivity index (χ1v) is 7.08. The minimum Gasteiger partial charge on any atom is -0.338 e. The number of rotatable bonds is 3. The fourth-order valence-corrected chi connectivity index (χ4v) is 3.37. The van der Waals surface area contributed by atoms with Crippen LogP contribution in [0.4, 0.5) is 0 Å². The van der Waals surface area contributed by atoms with Crippen molar-refractivity contribution >= 4 is 23.7 Å². The molecule has 2 rings (SSSR count). The van der Waals surface area contributed by atoms with Gasteiger partial charge in [0.1, 0.15) is 0 Å². The molecule has 0 aromatic carbocycles. The van der Waals surface area contributed by atoms with Crippen LogP contribution < -0.4 is 0 Å². The van der Waals surface area contributed by atoms with E-state index >= 15 is 0 Å². The molecule has 1 fully saturated rings. The first-order valence-electron chi connectivity index (χ1n) is 6.20. The minimum absolute atomic E-state index is 0.0201. The highest BCUT2D eigenvalue weighted by atomic mass is 32.1. The second-order valence-corrected chi connectivity index (χ2v) is 5.47. The smallest absolute Gasteiger partial charge is 0.222 e. The summed E-state index contributed by atoms with van der Waals surface area (Å²) in [5, 5.41) is 2.04. The highest BCUT2D eigenvalue weighted by molar-refractivity contribution is 7.10. The Kier molecular flexibility index (Phi) is 4.01. The summed E-state index contributed by atoms with van der Waals surface area (Å²) in [6.07, 6.45) is 1.43. The van der Waals surface area contributed by atoms with Gasteiger partial charge in [0.15, 0.2) is 0 Å². The van der Waals surface area contributed by atoms with Crippen molar-refractivity contribution in [2.45, 2.75) is 26.3 Å². The third-order valence-corrected chi connectivity index (χ3v) is 4.54. The van der Waals surface area contributed by atoms with Gasteiger partial charge in [-0.15, -0.1) is 11.3 Å². The monoisotopic (exact) mass is 266 g/mol. The Labute approximate surface area is 111 Å². The van der Waals surface area contributed by atoms with Gasteiger partial charge >= 0.3 is 0 Å². The van der Waals surface area contributed by atoms with Crippen LogP contribution in [0.5, 0.6) is 0 Å². The summed E-state index contributed by atoms with van der Waals surface area (Å²) < 4.78 is 0. The second kappa shape index (κ2) is 5.52. The van der Waals surface area contributed by atoms with Gasteiger partial charge < -0.3 is 9.80 Å². The Balaban J connectivity index is 2.21. The van der Waals surface area contributed by atoms with E-state index in [4.69, 9.17) is 0 Å². The van der Waals surface area contributed by atoms with Crippen molar-refractivity contribution < 1.29 is 9.59 Å². The predicted octanol–water partition coefficient (Wildman–Crippen LogP) is 1.81. The van der Waals surface area contributed by atoms with Gasteiger partial charge in [0.05, 0.1) is 6.04 Å². The van der Waals surface area contributed by atoms with Crippen molar-refractivity contribution in [2.75, 3.05) is 19.6 Å². The van der Waals surface area contributed by atoms with Crippen molar-refractivity contribution in [3.63, 3.8) is 0 Å². The number of carbonyl (C=O) groups is 2. The third-order valence-electron chi connectivity index (χ3n) is 3.42. The van der Waals surface area contributed by atoms with Crippen molar-refractivity contribution in [1.82, 2.24) is 9.80 Å². The van der Waals surface area contributed by atoms with Crippen molar-refractivity contribution in [2.24, 2.45) is 0 Å². The van der Waals surface area contributed by atoms with Gasteiger partial charge in [0.25, 0.3) is 0 Å². The second-order valence-electron chi connectivity index (χ2n) is 4.52. The number of nitrogens with zero attached hydrogens (tertiary/aromatic N) is 2. The molecule has 1 atom stereocenters. The number of hydrogen-bond acceptors (Lipinski definition) is 3. The van der Waals surface area contributed by atoms with Crippen molar-refractivity contribution in [3.8, 4) is 0 Å². The van der Waals surface area contributed by atoms with E-state index in [2.05, 4.69) is 13.0 Å². The van der Waals surface area contributed by atoms with Crippen LogP contribution in [-0.4, -0.2) is 41.8 Å². The van der Waals surface area contributed by atoms with Gasteiger partial charge in [0.2, 0.25) is 12.3 Å². The van der Waals surface area contributed by atoms with Crippen molar-refractivity contribution in [1.29, 1.82) is 0 Å². The molecule has 98 valence electrons. The number of aryl methyl sites for hydroxylation is 1. The predicted molar refractivity (Wildman–Crippen MR) is 71.4 cm³/mol. The van der Waals surface area contributed by atoms with Gasteiger partial charge in [-0.2, -0.15) is 0 Å². The quantitative estimate of drug-likeness (QED) is 0.783. The maximum absolute atomic E-state index is 11.8. The van der Waals surface area contributed by atoms with E-state index in [0.717, 1.165) is 6.41 Å². The van der Waals surface area contributed by atoms with E-state index in [-0.39, 0.29) is 11.9 Å². The third kappa shape index (κ3) is 2.41. The van der Waals surface area contributed by atoms with Gasteiger partial charge in [0, 0.05) is 30.9 Å². The van der Waals surface area contributed by atoms with Crippen LogP contribution in [0.25, 0.3) is 0 Å². The number of amides is 2. The fraction of sp³-hybridized carbons (Fsp3) is 0.538. The number of carbonyl (C=O) groups excluding carboxylic acids is 2. The average molecular weight is 266 g/mol. The topological polar surface area (TPSA) is 40.6 Å². The first kappa shape index (κ1) is 13.1. The summed E-state index contributed by atoms with van der Waals surface area (Å²) in [5.74, 6) is 0.166. The minimum atomic E-state index is 0.0201. The fourth-order valence-electron chi connectivity index (χ4n) is 2.33. The van der Waals surface area contributed by atoms with Crippen LogP contribution >= 0.6 is 11.3 Å². The molecule has 1 unspecified atom stereocenters. The summed E-state index contributed by atoms with van der Waals surface area (Å²) >= 11 is 1.66. The van der Waals surface area contributed by atoms with E-state index in [1.165, 1.54) is 10.4 Å². The molecule has 0 N–H and O–H groups in total. The molecule has 1 aromatic heterocycles. The van der Waals surface area contributed by atoms with E-state index in [0.29, 0.717) is 26.1 Å². The summed E-state index contributed by atoms with van der Waals surface area (Å²) in [6.45, 7) is 5.81. The molecule has 0 aliphatic carbocycles. The molecule has 5 heteroatoms. The van der Waals surface area contributed by atoms with E-state index in [1.54, 1.807) is 16.2 Å². The Morgan fingerprint density at radius 2 is 2.33 bits per heavy atom. The lowest BCUT2D eigenvalue weighted by Gasteiger charge is -2.39. The molecule has 0 radical (unpaired) electrons. The largest absolute Gasteiger partial charge is 0.338 e. The molecule has 1 aromatic rings. The van der Waals surface area contributed by atoms with Crippen LogP contribution in [0.1, 0.15) is 29.8 Å². The molecule has 1 aliphatic rings. The van der Waals surface area contributed by atoms with E-state index < -0.39 is 0 Å². The molecular formula is C13H18N2O2S. The molecule has 1 aliphatic heterocycles. The SMILES string of the molecule is CCC(=O)N1CCN(C=O)C(c2sccc2C)C1. The van der Waals surface area contributed by atoms with Crippen LogP contribution in [-0.2, 0) is 9.59 Å². The molecule has 2 heterocycles. The summed E-state index contributed by atoms with van der Waals surface area (Å²) in [5.41, 5.74) is 1.20. The average Bonchev–Trinajstić information content (AvgIpc) is 2.83. The van der Waals surface area contributed by atoms with Crippen LogP contribution in [0.15, 0.2) is 11.4 Å². The molecule has 18 heavy (non-hydrogen) atoms. The van der Waals surface area contributed by atoms with Crippen LogP contribution in [0.2, 0.25) is 0 Å². The van der Waals surface area contributed by atoms with Gasteiger partial charge in [-0.1, -0.05) is 6.92 Å². The van der Waals surface area contributed by atoms with E-state index in [1.807, 2.05) is 17.2 Å². The maximum Gasteiger partial charge on any atom is 0.222 e. The number of hydrogen-bond donors (Lipinski definition) is 0. The maximum atomic E-state index is 11.8. The zero-order chi connectivity index (χ0) is 13.1. The Morgan fingerprint density at radius 3 is 2.89 bits per heavy atom. The molecule has 2 amide bonds. The lowest BCUT2D eigenvalue weighted by Crippen LogP contribution is -2.49. The van der Waals surface area contributed by atoms with Gasteiger partial charge in [-0.05, 0) is 23.9 Å². The normalized spacial score (nSPS) is 20.0. The molecule has 4 nitrogen and oxygen atoms in total. The first-order chi connectivity index (χ1) is 8.67. The standard InChI is InChI=1S/C13H18N2O2S/c1-3-12(17)14-5-6-15(9-16)11(8-14)13-10(2)4-7-18-13/h4,7,9,11H,3,5-6,8H2,1-2H3. The Bertz CT molecular complexity index is 444. The molecule has 0 saturated carbocycles. The highest BCUT2D eigenvalue weighted by Crippen LogP contribution is 2.31. The zero-order valence-corrected chi connectivity index (χ0v) is 11.6. The van der Waals surface area contributed by atoms with Gasteiger partial charge in [-0.3, -0.25) is 9.59 Å². The summed E-state index contributed by atoms with van der Waals surface area (Å²) in [4.78, 5) is 27.8. The lowest BCUT2D eigenvalue weighted by molar-refractivity contribution is -0.137. The zero-order valence-electron chi connectivity index (χ0n) is 10.8. The Hall–Kier alpha value is -1.36. The molecule has 0 bridgehead atoms. The van der Waals surface area contributed by atoms with Crippen molar-refractivity contribution in [3.05, 3.63) is 21.9 Å². The Morgan fingerprint density at radius 1 is 1.56 bits per heavy atom. The van der Waals surface area contributed by atoms with E-state index in [9.17, 15) is 9.59 Å². The molecule has 0 spiro atoms. The lowest BCUT2D eigenvalue weighted by atomic mass is 10.1. The van der Waals surface area contributed by atoms with Gasteiger partial charge in [-0.25, -0.2) is 0 Å². The number of thiophene rings is 1. The molecular weight excluding hydrogens is 248 g/mol. The molecule has 1 saturated heterocycles. The summed E-state index contributed by atoms with van der Waals surface area (Å²) in [6, 6.07) is 2.08. The van der Waals surface area contributed by atoms with Crippen LogP contribution in [0, 0.1) is 6.92 Å². The highest BCUT2D eigenvalue weighted by Gasteiger charge is 2.30. The number of piperazine rings is 1.